The maximum atomic E-state index is 13.2. The van der Waals surface area contributed by atoms with Crippen molar-refractivity contribution >= 4 is 21.6 Å². The molecule has 8 nitrogen and oxygen atoms in total. The summed E-state index contributed by atoms with van der Waals surface area (Å²) in [7, 11) is -0.460. The molecule has 1 heterocycles. The van der Waals surface area contributed by atoms with E-state index in [1.165, 1.54) is 19.2 Å². The van der Waals surface area contributed by atoms with Crippen LogP contribution in [0.15, 0.2) is 53.7 Å². The fraction of sp³-hybridized carbons (Fsp3) is 0.429. The van der Waals surface area contributed by atoms with Gasteiger partial charge in [-0.3, -0.25) is 4.98 Å². The quantitative estimate of drug-likeness (QED) is 0.695. The average molecular weight is 434 g/mol. The van der Waals surface area contributed by atoms with Gasteiger partial charge < -0.3 is 20.1 Å². The molecule has 0 aliphatic heterocycles. The minimum Gasteiger partial charge on any atom is -0.381 e. The van der Waals surface area contributed by atoms with Crippen molar-refractivity contribution < 1.29 is 22.7 Å². The number of amides is 2. The Hall–Kier alpha value is -2.49. The lowest BCUT2D eigenvalue weighted by molar-refractivity contribution is 0.00720. The Balaban J connectivity index is 1.64. The van der Waals surface area contributed by atoms with Gasteiger partial charge >= 0.3 is 6.03 Å². The van der Waals surface area contributed by atoms with Crippen molar-refractivity contribution in [3.05, 3.63) is 54.4 Å². The third-order valence-electron chi connectivity index (χ3n) is 5.33. The van der Waals surface area contributed by atoms with Crippen LogP contribution in [0.3, 0.4) is 0 Å². The monoisotopic (exact) mass is 433 g/mol. The first-order valence-corrected chi connectivity index (χ1v) is 11.3. The van der Waals surface area contributed by atoms with Crippen molar-refractivity contribution in [3.8, 4) is 0 Å². The summed E-state index contributed by atoms with van der Waals surface area (Å²) in [5.74, 6) is 0. The third-order valence-corrected chi connectivity index (χ3v) is 7.56. The molecule has 30 heavy (non-hydrogen) atoms. The van der Waals surface area contributed by atoms with Gasteiger partial charge in [-0.1, -0.05) is 6.07 Å². The molecular weight excluding hydrogens is 406 g/mol. The first-order chi connectivity index (χ1) is 14.4. The van der Waals surface area contributed by atoms with Gasteiger partial charge in [-0.15, -0.1) is 0 Å². The second-order valence-corrected chi connectivity index (χ2v) is 9.39. The molecular formula is C21H27N3O5S. The number of aromatic nitrogens is 1. The van der Waals surface area contributed by atoms with Crippen LogP contribution in [0.4, 0.5) is 10.5 Å². The molecule has 0 radical (unpaired) electrons. The lowest BCUT2D eigenvalue weighted by Gasteiger charge is -2.34. The number of pyridine rings is 1. The summed E-state index contributed by atoms with van der Waals surface area (Å²) in [5.41, 5.74) is 1.38. The van der Waals surface area contributed by atoms with Gasteiger partial charge in [0.2, 0.25) is 0 Å². The summed E-state index contributed by atoms with van der Waals surface area (Å²) < 4.78 is 37.2. The molecule has 0 spiro atoms. The number of hydrogen-bond donors (Lipinski definition) is 2. The first kappa shape index (κ1) is 22.2. The maximum absolute atomic E-state index is 13.2. The largest absolute Gasteiger partial charge is 0.381 e. The van der Waals surface area contributed by atoms with Crippen LogP contribution in [0.25, 0.3) is 0 Å². The number of carbonyl (C=O) groups is 1. The Morgan fingerprint density at radius 2 is 1.90 bits per heavy atom. The predicted octanol–water partition coefficient (Wildman–Crippen LogP) is 2.76. The van der Waals surface area contributed by atoms with Crippen LogP contribution in [-0.2, 0) is 25.9 Å². The molecule has 1 aromatic carbocycles. The number of nitrogens with zero attached hydrogens (tertiary/aromatic N) is 1. The molecule has 2 amide bonds. The van der Waals surface area contributed by atoms with E-state index >= 15 is 0 Å². The number of benzene rings is 1. The molecule has 1 aliphatic carbocycles. The lowest BCUT2D eigenvalue weighted by Crippen LogP contribution is -2.43. The number of ether oxygens (including phenoxy) is 2. The smallest absolute Gasteiger partial charge is 0.319 e. The van der Waals surface area contributed by atoms with Gasteiger partial charge in [0, 0.05) is 38.8 Å². The van der Waals surface area contributed by atoms with Crippen LogP contribution in [-0.4, -0.2) is 51.1 Å². The van der Waals surface area contributed by atoms with Crippen LogP contribution in [0.5, 0.6) is 0 Å². The van der Waals surface area contributed by atoms with Gasteiger partial charge in [-0.25, -0.2) is 13.2 Å². The number of nitrogens with one attached hydrogen (secondary N) is 2. The van der Waals surface area contributed by atoms with Crippen molar-refractivity contribution in [3.63, 3.8) is 0 Å². The summed E-state index contributed by atoms with van der Waals surface area (Å²) in [4.78, 5) is 16.3. The summed E-state index contributed by atoms with van der Waals surface area (Å²) in [6.45, 7) is 0.340. The molecule has 1 aliphatic rings. The number of carbonyl (C=O) groups excluding carboxylic acids is 1. The van der Waals surface area contributed by atoms with E-state index < -0.39 is 15.1 Å². The van der Waals surface area contributed by atoms with E-state index in [4.69, 9.17) is 9.47 Å². The van der Waals surface area contributed by atoms with Crippen molar-refractivity contribution in [2.24, 2.45) is 0 Å². The number of sulfone groups is 1. The standard InChI is InChI=1S/C21H27N3O5S/c1-28-17-7-10-19(29-2)20(12-17)30(26,27)18-8-5-16(6-9-18)24-21(25)23-14-15-4-3-11-22-13-15/h3-6,8-9,11,13,17,19-20H,7,10,12,14H2,1-2H3,(H2,23,24,25). The van der Waals surface area contributed by atoms with Gasteiger partial charge in [0.25, 0.3) is 0 Å². The van der Waals surface area contributed by atoms with E-state index in [1.807, 2.05) is 6.07 Å². The molecule has 3 unspecified atom stereocenters. The summed E-state index contributed by atoms with van der Waals surface area (Å²) in [6.07, 6.45) is 4.68. The molecule has 3 rings (SSSR count). The van der Waals surface area contributed by atoms with E-state index in [-0.39, 0.29) is 23.1 Å². The Labute approximate surface area is 176 Å². The highest BCUT2D eigenvalue weighted by atomic mass is 32.2. The average Bonchev–Trinajstić information content (AvgIpc) is 2.78. The van der Waals surface area contributed by atoms with Crippen LogP contribution in [0.1, 0.15) is 24.8 Å². The minimum atomic E-state index is -3.60. The van der Waals surface area contributed by atoms with Crippen molar-refractivity contribution in [1.29, 1.82) is 0 Å². The van der Waals surface area contributed by atoms with E-state index in [2.05, 4.69) is 15.6 Å². The summed E-state index contributed by atoms with van der Waals surface area (Å²) >= 11 is 0. The second-order valence-electron chi connectivity index (χ2n) is 7.22. The topological polar surface area (TPSA) is 107 Å². The van der Waals surface area contributed by atoms with Crippen LogP contribution in [0, 0.1) is 0 Å². The minimum absolute atomic E-state index is 0.0966. The van der Waals surface area contributed by atoms with Gasteiger partial charge in [0.1, 0.15) is 0 Å². The molecule has 9 heteroatoms. The lowest BCUT2D eigenvalue weighted by atomic mass is 9.94. The zero-order valence-electron chi connectivity index (χ0n) is 17.1. The summed E-state index contributed by atoms with van der Waals surface area (Å²) in [5, 5.41) is 4.76. The number of methoxy groups -OCH3 is 2. The molecule has 3 atom stereocenters. The molecule has 2 aromatic rings. The Morgan fingerprint density at radius 1 is 1.13 bits per heavy atom. The number of hydrogen-bond acceptors (Lipinski definition) is 6. The zero-order valence-corrected chi connectivity index (χ0v) is 17.9. The maximum Gasteiger partial charge on any atom is 0.319 e. The highest BCUT2D eigenvalue weighted by Crippen LogP contribution is 2.32. The second kappa shape index (κ2) is 10.0. The zero-order chi connectivity index (χ0) is 21.6. The molecule has 162 valence electrons. The van der Waals surface area contributed by atoms with Crippen molar-refractivity contribution in [2.45, 2.75) is 48.2 Å². The number of urea groups is 1. The normalized spacial score (nSPS) is 21.7. The number of rotatable bonds is 7. The highest BCUT2D eigenvalue weighted by molar-refractivity contribution is 7.92. The van der Waals surface area contributed by atoms with E-state index in [0.717, 1.165) is 12.0 Å². The molecule has 1 saturated carbocycles. The molecule has 1 fully saturated rings. The fourth-order valence-electron chi connectivity index (χ4n) is 3.64. The summed E-state index contributed by atoms with van der Waals surface area (Å²) in [6, 6.07) is 9.45. The fourth-order valence-corrected chi connectivity index (χ4v) is 5.62. The van der Waals surface area contributed by atoms with E-state index in [1.54, 1.807) is 37.7 Å². The third kappa shape index (κ3) is 5.35. The Morgan fingerprint density at radius 3 is 2.53 bits per heavy atom. The van der Waals surface area contributed by atoms with Gasteiger partial charge in [-0.05, 0) is 55.2 Å². The van der Waals surface area contributed by atoms with Crippen LogP contribution in [0.2, 0.25) is 0 Å². The van der Waals surface area contributed by atoms with Gasteiger partial charge in [0.15, 0.2) is 9.84 Å². The van der Waals surface area contributed by atoms with Crippen LogP contribution >= 0.6 is 0 Å². The molecule has 1 aromatic heterocycles. The predicted molar refractivity (Wildman–Crippen MR) is 113 cm³/mol. The highest BCUT2D eigenvalue weighted by Gasteiger charge is 2.40. The molecule has 0 bridgehead atoms. The Kier molecular flexibility index (Phi) is 7.41. The van der Waals surface area contributed by atoms with Gasteiger partial charge in [0.05, 0.1) is 22.4 Å². The van der Waals surface area contributed by atoms with Crippen molar-refractivity contribution in [2.75, 3.05) is 19.5 Å². The number of anilines is 1. The van der Waals surface area contributed by atoms with E-state index in [0.29, 0.717) is 25.1 Å². The van der Waals surface area contributed by atoms with E-state index in [9.17, 15) is 13.2 Å². The molecule has 0 saturated heterocycles. The first-order valence-electron chi connectivity index (χ1n) is 9.77. The van der Waals surface area contributed by atoms with Crippen LogP contribution < -0.4 is 10.6 Å². The van der Waals surface area contributed by atoms with Crippen molar-refractivity contribution in [1.82, 2.24) is 10.3 Å². The van der Waals surface area contributed by atoms with Gasteiger partial charge in [-0.2, -0.15) is 0 Å². The SMILES string of the molecule is COC1CCC(OC)C(S(=O)(=O)c2ccc(NC(=O)NCc3cccnc3)cc2)C1. The molecule has 2 N–H and O–H groups in total. The Bertz CT molecular complexity index is 935.